The van der Waals surface area contributed by atoms with Crippen LogP contribution in [-0.2, 0) is 4.79 Å². The molecule has 0 spiro atoms. The number of carbonyl (C=O) groups is 1. The molecule has 0 aromatic heterocycles. The second-order valence-corrected chi connectivity index (χ2v) is 5.16. The van der Waals surface area contributed by atoms with E-state index in [2.05, 4.69) is 5.32 Å². The Morgan fingerprint density at radius 3 is 2.53 bits per heavy atom. The molecule has 0 aromatic carbocycles. The third-order valence-corrected chi connectivity index (χ3v) is 3.60. The van der Waals surface area contributed by atoms with Crippen molar-refractivity contribution in [3.63, 3.8) is 0 Å². The van der Waals surface area contributed by atoms with Gasteiger partial charge in [0.05, 0.1) is 18.5 Å². The minimum Gasteiger partial charge on any atom is -0.341 e. The van der Waals surface area contributed by atoms with E-state index in [0.29, 0.717) is 0 Å². The Bertz CT molecular complexity index is 357. The largest absolute Gasteiger partial charge is 0.393 e. The number of rotatable bonds is 1. The Morgan fingerprint density at radius 1 is 1.32 bits per heavy atom. The van der Waals surface area contributed by atoms with Gasteiger partial charge in [0.1, 0.15) is 0 Å². The van der Waals surface area contributed by atoms with Crippen LogP contribution in [-0.4, -0.2) is 48.6 Å². The molecule has 0 aliphatic carbocycles. The number of alkyl halides is 5. The molecule has 2 rings (SSSR count). The van der Waals surface area contributed by atoms with E-state index in [1.165, 1.54) is 0 Å². The summed E-state index contributed by atoms with van der Waals surface area (Å²) in [6.07, 6.45) is -4.74. The van der Waals surface area contributed by atoms with Gasteiger partial charge in [-0.2, -0.15) is 13.2 Å². The van der Waals surface area contributed by atoms with E-state index in [9.17, 15) is 26.7 Å². The average molecular weight is 286 g/mol. The molecule has 19 heavy (non-hydrogen) atoms. The van der Waals surface area contributed by atoms with E-state index >= 15 is 0 Å². The number of amides is 1. The van der Waals surface area contributed by atoms with Crippen LogP contribution in [0.5, 0.6) is 0 Å². The number of hydrogen-bond acceptors (Lipinski definition) is 2. The number of halogens is 5. The molecule has 1 N–H and O–H groups in total. The van der Waals surface area contributed by atoms with Gasteiger partial charge in [0.25, 0.3) is 5.92 Å². The van der Waals surface area contributed by atoms with E-state index < -0.39 is 49.5 Å². The van der Waals surface area contributed by atoms with Crippen molar-refractivity contribution in [2.45, 2.75) is 37.4 Å². The SMILES string of the molecule is O=C(C1CC(F)(F)CN1)N1CCCC(C(F)(F)F)C1. The minimum atomic E-state index is -4.34. The van der Waals surface area contributed by atoms with Crippen LogP contribution in [0.3, 0.4) is 0 Å². The van der Waals surface area contributed by atoms with Crippen molar-refractivity contribution in [1.29, 1.82) is 0 Å². The van der Waals surface area contributed by atoms with E-state index in [0.717, 1.165) is 4.90 Å². The van der Waals surface area contributed by atoms with Crippen LogP contribution in [0.1, 0.15) is 19.3 Å². The first-order valence-corrected chi connectivity index (χ1v) is 6.16. The van der Waals surface area contributed by atoms with Gasteiger partial charge < -0.3 is 4.90 Å². The minimum absolute atomic E-state index is 0.0124. The Labute approximate surface area is 107 Å². The first kappa shape index (κ1) is 14.5. The summed E-state index contributed by atoms with van der Waals surface area (Å²) in [7, 11) is 0. The average Bonchev–Trinajstić information content (AvgIpc) is 2.68. The number of carbonyl (C=O) groups excluding carboxylic acids is 1. The highest BCUT2D eigenvalue weighted by atomic mass is 19.4. The van der Waals surface area contributed by atoms with Crippen LogP contribution in [0.25, 0.3) is 0 Å². The predicted octanol–water partition coefficient (Wildman–Crippen LogP) is 1.78. The summed E-state index contributed by atoms with van der Waals surface area (Å²) in [5.41, 5.74) is 0. The molecule has 2 atom stereocenters. The second-order valence-electron chi connectivity index (χ2n) is 5.16. The topological polar surface area (TPSA) is 32.3 Å². The van der Waals surface area contributed by atoms with Gasteiger partial charge in [0, 0.05) is 19.5 Å². The van der Waals surface area contributed by atoms with E-state index in [4.69, 9.17) is 0 Å². The van der Waals surface area contributed by atoms with Crippen molar-refractivity contribution in [1.82, 2.24) is 10.2 Å². The maximum atomic E-state index is 13.0. The van der Waals surface area contributed by atoms with E-state index in [1.54, 1.807) is 0 Å². The van der Waals surface area contributed by atoms with Crippen molar-refractivity contribution in [2.24, 2.45) is 5.92 Å². The first-order valence-electron chi connectivity index (χ1n) is 6.16. The molecule has 110 valence electrons. The highest BCUT2D eigenvalue weighted by molar-refractivity contribution is 5.82. The first-order chi connectivity index (χ1) is 8.69. The maximum Gasteiger partial charge on any atom is 0.393 e. The van der Waals surface area contributed by atoms with Gasteiger partial charge in [-0.3, -0.25) is 10.1 Å². The number of hydrogen-bond donors (Lipinski definition) is 1. The third-order valence-electron chi connectivity index (χ3n) is 3.60. The molecule has 2 heterocycles. The van der Waals surface area contributed by atoms with Gasteiger partial charge in [0.15, 0.2) is 0 Å². The lowest BCUT2D eigenvalue weighted by atomic mass is 9.96. The van der Waals surface area contributed by atoms with Gasteiger partial charge in [0.2, 0.25) is 5.91 Å². The second kappa shape index (κ2) is 4.88. The molecule has 0 bridgehead atoms. The van der Waals surface area contributed by atoms with Gasteiger partial charge in [-0.1, -0.05) is 0 Å². The molecule has 1 amide bonds. The van der Waals surface area contributed by atoms with Crippen LogP contribution in [0.4, 0.5) is 22.0 Å². The highest BCUT2D eigenvalue weighted by Crippen LogP contribution is 2.34. The van der Waals surface area contributed by atoms with Crippen molar-refractivity contribution >= 4 is 5.91 Å². The summed E-state index contributed by atoms with van der Waals surface area (Å²) in [5.74, 6) is -5.15. The molecule has 3 nitrogen and oxygen atoms in total. The summed E-state index contributed by atoms with van der Waals surface area (Å²) in [4.78, 5) is 13.0. The van der Waals surface area contributed by atoms with Gasteiger partial charge in [-0.25, -0.2) is 8.78 Å². The Balaban J connectivity index is 1.96. The van der Waals surface area contributed by atoms with Gasteiger partial charge in [-0.05, 0) is 12.8 Å². The molecule has 8 heteroatoms. The van der Waals surface area contributed by atoms with Gasteiger partial charge in [-0.15, -0.1) is 0 Å². The van der Waals surface area contributed by atoms with Crippen molar-refractivity contribution in [2.75, 3.05) is 19.6 Å². The van der Waals surface area contributed by atoms with Crippen LogP contribution in [0.15, 0.2) is 0 Å². The summed E-state index contributed by atoms with van der Waals surface area (Å²) < 4.78 is 63.8. The third kappa shape index (κ3) is 3.34. The summed E-state index contributed by atoms with van der Waals surface area (Å²) in [6, 6.07) is -1.07. The highest BCUT2D eigenvalue weighted by Gasteiger charge is 2.46. The number of piperidine rings is 1. The van der Waals surface area contributed by atoms with Crippen LogP contribution in [0.2, 0.25) is 0 Å². The maximum absolute atomic E-state index is 13.0. The molecule has 2 saturated heterocycles. The zero-order valence-corrected chi connectivity index (χ0v) is 10.1. The number of nitrogens with zero attached hydrogens (tertiary/aromatic N) is 1. The van der Waals surface area contributed by atoms with Crippen LogP contribution < -0.4 is 5.32 Å². The summed E-state index contributed by atoms with van der Waals surface area (Å²) in [6.45, 7) is -0.818. The Kier molecular flexibility index (Phi) is 3.72. The smallest absolute Gasteiger partial charge is 0.341 e. The molecule has 0 radical (unpaired) electrons. The molecule has 2 aliphatic heterocycles. The summed E-state index contributed by atoms with van der Waals surface area (Å²) >= 11 is 0. The lowest BCUT2D eigenvalue weighted by molar-refractivity contribution is -0.188. The predicted molar refractivity (Wildman–Crippen MR) is 56.7 cm³/mol. The van der Waals surface area contributed by atoms with E-state index in [1.807, 2.05) is 0 Å². The fourth-order valence-corrected chi connectivity index (χ4v) is 2.55. The van der Waals surface area contributed by atoms with Gasteiger partial charge >= 0.3 is 6.18 Å². The molecule has 2 aliphatic rings. The van der Waals surface area contributed by atoms with Crippen molar-refractivity contribution in [3.05, 3.63) is 0 Å². The Morgan fingerprint density at radius 2 is 2.00 bits per heavy atom. The zero-order valence-electron chi connectivity index (χ0n) is 10.1. The van der Waals surface area contributed by atoms with Crippen LogP contribution in [0, 0.1) is 5.92 Å². The molecule has 2 unspecified atom stereocenters. The fourth-order valence-electron chi connectivity index (χ4n) is 2.55. The lowest BCUT2D eigenvalue weighted by Gasteiger charge is -2.35. The standard InChI is InChI=1S/C11H15F5N2O/c12-10(13)4-8(17-6-10)9(19)18-3-1-2-7(5-18)11(14,15)16/h7-8,17H,1-6H2. The molecule has 2 fully saturated rings. The number of likely N-dealkylation sites (tertiary alicyclic amines) is 1. The van der Waals surface area contributed by atoms with Crippen molar-refractivity contribution < 1.29 is 26.7 Å². The fraction of sp³-hybridized carbons (Fsp3) is 0.909. The Hall–Kier alpha value is -0.920. The monoisotopic (exact) mass is 286 g/mol. The zero-order chi connectivity index (χ0) is 14.3. The van der Waals surface area contributed by atoms with Crippen LogP contribution >= 0.6 is 0 Å². The summed E-state index contributed by atoms with van der Waals surface area (Å²) in [5, 5.41) is 2.38. The van der Waals surface area contributed by atoms with E-state index in [-0.39, 0.29) is 19.4 Å². The normalized spacial score (nSPS) is 31.5. The number of nitrogens with one attached hydrogen (secondary N) is 1. The quantitative estimate of drug-likeness (QED) is 0.745. The lowest BCUT2D eigenvalue weighted by Crippen LogP contribution is -2.50. The molecule has 0 saturated carbocycles. The molecular formula is C11H15F5N2O. The van der Waals surface area contributed by atoms with Crippen molar-refractivity contribution in [3.8, 4) is 0 Å². The molecular weight excluding hydrogens is 271 g/mol. The molecule has 0 aromatic rings.